The number of carboxylic acids is 1. The van der Waals surface area contributed by atoms with Gasteiger partial charge in [-0.2, -0.15) is 5.10 Å². The fraction of sp³-hybridized carbons (Fsp3) is 0.240. The maximum absolute atomic E-state index is 13.2. The molecule has 33 heavy (non-hydrogen) atoms. The molecule has 0 saturated carbocycles. The van der Waals surface area contributed by atoms with Crippen LogP contribution in [0, 0.1) is 5.82 Å². The van der Waals surface area contributed by atoms with Gasteiger partial charge in [-0.3, -0.25) is 9.89 Å². The number of aromatic amines is 1. The number of carboxylic acid groups (broad SMARTS) is 1. The van der Waals surface area contributed by atoms with Crippen LogP contribution in [0.1, 0.15) is 52.1 Å². The fourth-order valence-electron chi connectivity index (χ4n) is 3.99. The van der Waals surface area contributed by atoms with E-state index in [1.807, 2.05) is 30.3 Å². The van der Waals surface area contributed by atoms with Crippen LogP contribution in [0.3, 0.4) is 0 Å². The highest BCUT2D eigenvalue weighted by Crippen LogP contribution is 2.31. The molecule has 0 aliphatic heterocycles. The van der Waals surface area contributed by atoms with E-state index in [0.717, 1.165) is 41.7 Å². The van der Waals surface area contributed by atoms with Gasteiger partial charge in [-0.1, -0.05) is 35.9 Å². The van der Waals surface area contributed by atoms with E-state index in [2.05, 4.69) is 15.5 Å². The highest BCUT2D eigenvalue weighted by molar-refractivity contribution is 6.30. The third kappa shape index (κ3) is 5.49. The molecule has 1 aromatic heterocycles. The number of rotatable bonds is 6. The van der Waals surface area contributed by atoms with E-state index < -0.39 is 23.7 Å². The Labute approximate surface area is 195 Å². The average Bonchev–Trinajstić information content (AvgIpc) is 3.12. The summed E-state index contributed by atoms with van der Waals surface area (Å²) in [6, 6.07) is 11.9. The number of benzene rings is 2. The second kappa shape index (κ2) is 10.0. The minimum absolute atomic E-state index is 0.0411. The van der Waals surface area contributed by atoms with Gasteiger partial charge in [0, 0.05) is 17.0 Å². The lowest BCUT2D eigenvalue weighted by Crippen LogP contribution is -2.42. The maximum Gasteiger partial charge on any atom is 0.326 e. The van der Waals surface area contributed by atoms with Crippen LogP contribution in [-0.4, -0.2) is 33.2 Å². The van der Waals surface area contributed by atoms with Crippen molar-refractivity contribution in [2.75, 3.05) is 0 Å². The van der Waals surface area contributed by atoms with Crippen LogP contribution in [0.25, 0.3) is 11.6 Å². The monoisotopic (exact) mass is 467 g/mol. The number of H-pyrrole nitrogens is 1. The number of aromatic nitrogens is 2. The normalized spacial score (nSPS) is 15.5. The van der Waals surface area contributed by atoms with E-state index >= 15 is 0 Å². The van der Waals surface area contributed by atoms with Gasteiger partial charge in [0.1, 0.15) is 17.6 Å². The van der Waals surface area contributed by atoms with Crippen LogP contribution in [0.5, 0.6) is 0 Å². The lowest BCUT2D eigenvalue weighted by atomic mass is 10.0. The van der Waals surface area contributed by atoms with Crippen molar-refractivity contribution in [3.05, 3.63) is 87.4 Å². The van der Waals surface area contributed by atoms with Gasteiger partial charge in [-0.15, -0.1) is 0 Å². The number of fused-ring (bicyclic) bond motifs is 1. The lowest BCUT2D eigenvalue weighted by Gasteiger charge is -2.15. The third-order valence-electron chi connectivity index (χ3n) is 5.69. The number of nitrogens with zero attached hydrogens (tertiary/aromatic N) is 1. The SMILES string of the molecule is O=C(N[C@@H](Cc1ccc(F)cc1)C(=O)O)c1[nH]nc2c1CCCC/C2=C\c1ccc(Cl)cc1. The summed E-state index contributed by atoms with van der Waals surface area (Å²) in [5.74, 6) is -2.09. The first kappa shape index (κ1) is 22.7. The molecule has 4 rings (SSSR count). The molecule has 1 aliphatic rings. The zero-order chi connectivity index (χ0) is 23.4. The Bertz CT molecular complexity index is 1190. The van der Waals surface area contributed by atoms with Crippen LogP contribution in [0.15, 0.2) is 48.5 Å². The standard InChI is InChI=1S/C25H23ClFN3O3/c26-18-9-5-15(6-10-18)13-17-3-1-2-4-20-22(17)29-30-23(20)24(31)28-21(25(32)33)14-16-7-11-19(27)12-8-16/h5-13,21H,1-4,14H2,(H,28,31)(H,29,30)(H,32,33)/b17-13+/t21-/m0/s1. The second-order valence-corrected chi connectivity index (χ2v) is 8.49. The molecule has 1 atom stereocenters. The van der Waals surface area contributed by atoms with Crippen LogP contribution >= 0.6 is 11.6 Å². The van der Waals surface area contributed by atoms with Crippen LogP contribution < -0.4 is 5.32 Å². The number of aliphatic carboxylic acids is 1. The number of amides is 1. The average molecular weight is 468 g/mol. The number of carbonyl (C=O) groups is 2. The van der Waals surface area contributed by atoms with E-state index in [1.54, 1.807) is 0 Å². The molecule has 0 radical (unpaired) electrons. The molecule has 1 amide bonds. The molecule has 3 N–H and O–H groups in total. The number of halogens is 2. The first-order valence-electron chi connectivity index (χ1n) is 10.7. The number of nitrogens with one attached hydrogen (secondary N) is 2. The van der Waals surface area contributed by atoms with Gasteiger partial charge in [-0.05, 0) is 72.7 Å². The van der Waals surface area contributed by atoms with Gasteiger partial charge in [0.2, 0.25) is 0 Å². The minimum atomic E-state index is -1.17. The number of hydrogen-bond donors (Lipinski definition) is 3. The summed E-state index contributed by atoms with van der Waals surface area (Å²) in [4.78, 5) is 24.8. The van der Waals surface area contributed by atoms with Gasteiger partial charge < -0.3 is 10.4 Å². The van der Waals surface area contributed by atoms with Crippen molar-refractivity contribution in [3.8, 4) is 0 Å². The van der Waals surface area contributed by atoms with Crippen molar-refractivity contribution < 1.29 is 19.1 Å². The molecular formula is C25H23ClFN3O3. The Morgan fingerprint density at radius 1 is 1.12 bits per heavy atom. The molecule has 8 heteroatoms. The molecule has 0 fully saturated rings. The topological polar surface area (TPSA) is 95.1 Å². The Morgan fingerprint density at radius 3 is 2.52 bits per heavy atom. The summed E-state index contributed by atoms with van der Waals surface area (Å²) in [5.41, 5.74) is 4.41. The predicted molar refractivity (Wildman–Crippen MR) is 124 cm³/mol. The van der Waals surface area contributed by atoms with Gasteiger partial charge >= 0.3 is 5.97 Å². The molecular weight excluding hydrogens is 445 g/mol. The Kier molecular flexibility index (Phi) is 6.89. The lowest BCUT2D eigenvalue weighted by molar-refractivity contribution is -0.139. The summed E-state index contributed by atoms with van der Waals surface area (Å²) >= 11 is 5.98. The van der Waals surface area contributed by atoms with Crippen molar-refractivity contribution in [1.82, 2.24) is 15.5 Å². The largest absolute Gasteiger partial charge is 0.480 e. The molecule has 0 saturated heterocycles. The zero-order valence-corrected chi connectivity index (χ0v) is 18.5. The summed E-state index contributed by atoms with van der Waals surface area (Å²) in [5, 5.41) is 20.1. The van der Waals surface area contributed by atoms with Crippen LogP contribution in [0.2, 0.25) is 5.02 Å². The van der Waals surface area contributed by atoms with E-state index in [-0.39, 0.29) is 12.1 Å². The molecule has 0 spiro atoms. The molecule has 0 bridgehead atoms. The summed E-state index contributed by atoms with van der Waals surface area (Å²) in [6.07, 6.45) is 5.42. The van der Waals surface area contributed by atoms with E-state index in [0.29, 0.717) is 17.0 Å². The van der Waals surface area contributed by atoms with Crippen molar-refractivity contribution >= 4 is 35.1 Å². The molecule has 6 nitrogen and oxygen atoms in total. The van der Waals surface area contributed by atoms with E-state index in [9.17, 15) is 19.1 Å². The fourth-order valence-corrected chi connectivity index (χ4v) is 4.11. The number of hydrogen-bond acceptors (Lipinski definition) is 3. The van der Waals surface area contributed by atoms with Crippen LogP contribution in [0.4, 0.5) is 4.39 Å². The van der Waals surface area contributed by atoms with Crippen molar-refractivity contribution in [3.63, 3.8) is 0 Å². The van der Waals surface area contributed by atoms with E-state index in [4.69, 9.17) is 11.6 Å². The summed E-state index contributed by atoms with van der Waals surface area (Å²) in [6.45, 7) is 0. The molecule has 1 heterocycles. The Balaban J connectivity index is 1.57. The van der Waals surface area contributed by atoms with Gasteiger partial charge in [0.05, 0.1) is 5.69 Å². The Morgan fingerprint density at radius 2 is 1.82 bits per heavy atom. The molecule has 170 valence electrons. The highest BCUT2D eigenvalue weighted by Gasteiger charge is 2.27. The molecule has 0 unspecified atom stereocenters. The van der Waals surface area contributed by atoms with Gasteiger partial charge in [0.25, 0.3) is 5.91 Å². The van der Waals surface area contributed by atoms with Crippen molar-refractivity contribution in [2.24, 2.45) is 0 Å². The smallest absolute Gasteiger partial charge is 0.326 e. The summed E-state index contributed by atoms with van der Waals surface area (Å²) in [7, 11) is 0. The minimum Gasteiger partial charge on any atom is -0.480 e. The number of allylic oxidation sites excluding steroid dienone is 1. The quantitative estimate of drug-likeness (QED) is 0.449. The number of carbonyl (C=O) groups excluding carboxylic acids is 1. The first-order chi connectivity index (χ1) is 15.9. The van der Waals surface area contributed by atoms with Gasteiger partial charge in [0.15, 0.2) is 0 Å². The van der Waals surface area contributed by atoms with Crippen molar-refractivity contribution in [1.29, 1.82) is 0 Å². The molecule has 3 aromatic rings. The zero-order valence-electron chi connectivity index (χ0n) is 17.8. The van der Waals surface area contributed by atoms with Crippen LogP contribution in [-0.2, 0) is 17.6 Å². The summed E-state index contributed by atoms with van der Waals surface area (Å²) < 4.78 is 13.2. The molecule has 2 aromatic carbocycles. The molecule has 1 aliphatic carbocycles. The predicted octanol–water partition coefficient (Wildman–Crippen LogP) is 4.89. The van der Waals surface area contributed by atoms with Crippen molar-refractivity contribution in [2.45, 2.75) is 38.1 Å². The second-order valence-electron chi connectivity index (χ2n) is 8.05. The van der Waals surface area contributed by atoms with E-state index in [1.165, 1.54) is 24.3 Å². The highest BCUT2D eigenvalue weighted by atomic mass is 35.5. The first-order valence-corrected chi connectivity index (χ1v) is 11.1. The third-order valence-corrected chi connectivity index (χ3v) is 5.94. The van der Waals surface area contributed by atoms with Gasteiger partial charge in [-0.25, -0.2) is 9.18 Å². The Hall–Kier alpha value is -3.45. The maximum atomic E-state index is 13.2.